The van der Waals surface area contributed by atoms with Gasteiger partial charge < -0.3 is 14.6 Å². The molecular weight excluding hydrogens is 339 g/mol. The molecule has 0 amide bonds. The Morgan fingerprint density at radius 2 is 2.15 bits per heavy atom. The minimum absolute atomic E-state index is 0.0118. The van der Waals surface area contributed by atoms with E-state index in [0.717, 1.165) is 19.3 Å². The number of nitrogens with zero attached hydrogens (tertiary/aromatic N) is 2. The molecule has 1 N–H and O–H groups in total. The Morgan fingerprint density at radius 1 is 1.35 bits per heavy atom. The number of hydrogen-bond acceptors (Lipinski definition) is 5. The van der Waals surface area contributed by atoms with E-state index >= 15 is 0 Å². The summed E-state index contributed by atoms with van der Waals surface area (Å²) in [7, 11) is 0. The molecule has 0 radical (unpaired) electrons. The third-order valence-corrected chi connectivity index (χ3v) is 4.26. The predicted molar refractivity (Wildman–Crippen MR) is 92.8 cm³/mol. The van der Waals surface area contributed by atoms with Crippen LogP contribution < -0.4 is 9.47 Å². The van der Waals surface area contributed by atoms with Crippen molar-refractivity contribution in [3.63, 3.8) is 0 Å². The molecule has 0 atom stereocenters. The fourth-order valence-corrected chi connectivity index (χ4v) is 2.66. The van der Waals surface area contributed by atoms with Crippen LogP contribution in [0, 0.1) is 12.7 Å². The predicted octanol–water partition coefficient (Wildman–Crippen LogP) is 3.77. The second kappa shape index (κ2) is 8.12. The van der Waals surface area contributed by atoms with Crippen LogP contribution in [0.4, 0.5) is 4.39 Å². The van der Waals surface area contributed by atoms with Gasteiger partial charge in [-0.3, -0.25) is 9.78 Å². The maximum Gasteiger partial charge on any atom is 0.303 e. The van der Waals surface area contributed by atoms with Gasteiger partial charge in [0.2, 0.25) is 5.88 Å². The molecule has 7 heteroatoms. The third-order valence-electron chi connectivity index (χ3n) is 4.26. The number of benzene rings is 1. The van der Waals surface area contributed by atoms with Gasteiger partial charge >= 0.3 is 5.97 Å². The molecule has 0 spiro atoms. The summed E-state index contributed by atoms with van der Waals surface area (Å²) in [5.74, 6) is -0.834. The molecular formula is C19H21FN2O4. The number of carboxylic acid groups (broad SMARTS) is 1. The largest absolute Gasteiger partial charge is 0.490 e. The van der Waals surface area contributed by atoms with Gasteiger partial charge in [0.25, 0.3) is 0 Å². The zero-order chi connectivity index (χ0) is 18.5. The number of aryl methyl sites for hydroxylation is 1. The van der Waals surface area contributed by atoms with E-state index in [1.54, 1.807) is 25.4 Å². The topological polar surface area (TPSA) is 81.5 Å². The van der Waals surface area contributed by atoms with Crippen molar-refractivity contribution in [3.8, 4) is 22.9 Å². The first kappa shape index (κ1) is 18.1. The average Bonchev–Trinajstić information content (AvgIpc) is 2.56. The third kappa shape index (κ3) is 4.47. The van der Waals surface area contributed by atoms with Gasteiger partial charge in [0, 0.05) is 12.0 Å². The number of carbonyl (C=O) groups is 1. The molecule has 1 fully saturated rings. The van der Waals surface area contributed by atoms with Crippen LogP contribution in [-0.2, 0) is 4.79 Å². The molecule has 0 saturated heterocycles. The first-order valence-corrected chi connectivity index (χ1v) is 8.67. The van der Waals surface area contributed by atoms with Crippen molar-refractivity contribution in [1.82, 2.24) is 9.97 Å². The molecule has 1 saturated carbocycles. The SMILES string of the molecule is Cc1cc(-c2cncc(OC3CCC3)n2)cc(F)c1OCCCC(=O)O. The second-order valence-electron chi connectivity index (χ2n) is 6.36. The van der Waals surface area contributed by atoms with E-state index in [1.807, 2.05) is 0 Å². The number of carboxylic acids is 1. The first-order valence-electron chi connectivity index (χ1n) is 8.67. The summed E-state index contributed by atoms with van der Waals surface area (Å²) in [5, 5.41) is 8.63. The van der Waals surface area contributed by atoms with E-state index in [4.69, 9.17) is 14.6 Å². The lowest BCUT2D eigenvalue weighted by Gasteiger charge is -2.25. The molecule has 2 aromatic rings. The smallest absolute Gasteiger partial charge is 0.303 e. The number of halogens is 1. The van der Waals surface area contributed by atoms with Crippen LogP contribution in [0.2, 0.25) is 0 Å². The van der Waals surface area contributed by atoms with E-state index in [1.165, 1.54) is 6.07 Å². The van der Waals surface area contributed by atoms with Crippen molar-refractivity contribution in [3.05, 3.63) is 35.9 Å². The summed E-state index contributed by atoms with van der Waals surface area (Å²) in [6, 6.07) is 3.11. The van der Waals surface area contributed by atoms with Crippen molar-refractivity contribution >= 4 is 5.97 Å². The van der Waals surface area contributed by atoms with Crippen molar-refractivity contribution in [1.29, 1.82) is 0 Å². The summed E-state index contributed by atoms with van der Waals surface area (Å²) in [6.07, 6.45) is 6.83. The molecule has 1 heterocycles. The molecule has 1 aromatic carbocycles. The van der Waals surface area contributed by atoms with Gasteiger partial charge in [0.1, 0.15) is 6.10 Å². The lowest BCUT2D eigenvalue weighted by Crippen LogP contribution is -2.25. The van der Waals surface area contributed by atoms with Gasteiger partial charge in [-0.2, -0.15) is 0 Å². The summed E-state index contributed by atoms with van der Waals surface area (Å²) < 4.78 is 25.6. The lowest BCUT2D eigenvalue weighted by molar-refractivity contribution is -0.137. The van der Waals surface area contributed by atoms with Crippen molar-refractivity contribution in [2.45, 2.75) is 45.1 Å². The zero-order valence-corrected chi connectivity index (χ0v) is 14.6. The zero-order valence-electron chi connectivity index (χ0n) is 14.6. The normalized spacial score (nSPS) is 13.9. The van der Waals surface area contributed by atoms with E-state index < -0.39 is 11.8 Å². The van der Waals surface area contributed by atoms with E-state index in [9.17, 15) is 9.18 Å². The Hall–Kier alpha value is -2.70. The standard InChI is InChI=1S/C19H21FN2O4/c1-12-8-13(9-15(20)19(12)25-7-3-6-18(23)24)16-10-21-11-17(22-16)26-14-4-2-5-14/h8-11,14H,2-7H2,1H3,(H,23,24). The molecule has 3 rings (SSSR count). The molecule has 0 bridgehead atoms. The quantitative estimate of drug-likeness (QED) is 0.722. The van der Waals surface area contributed by atoms with Crippen LogP contribution in [0.25, 0.3) is 11.3 Å². The second-order valence-corrected chi connectivity index (χ2v) is 6.36. The van der Waals surface area contributed by atoms with Crippen LogP contribution in [0.1, 0.15) is 37.7 Å². The van der Waals surface area contributed by atoms with Gasteiger partial charge in [0.15, 0.2) is 11.6 Å². The highest BCUT2D eigenvalue weighted by molar-refractivity contribution is 5.66. The highest BCUT2D eigenvalue weighted by Crippen LogP contribution is 2.30. The van der Waals surface area contributed by atoms with Crippen LogP contribution in [0.5, 0.6) is 11.6 Å². The molecule has 1 aromatic heterocycles. The highest BCUT2D eigenvalue weighted by atomic mass is 19.1. The molecule has 1 aliphatic rings. The minimum atomic E-state index is -0.899. The molecule has 0 aliphatic heterocycles. The highest BCUT2D eigenvalue weighted by Gasteiger charge is 2.20. The van der Waals surface area contributed by atoms with E-state index in [2.05, 4.69) is 9.97 Å². The fraction of sp³-hybridized carbons (Fsp3) is 0.421. The number of aliphatic carboxylic acids is 1. The van der Waals surface area contributed by atoms with Gasteiger partial charge in [-0.25, -0.2) is 9.37 Å². The Kier molecular flexibility index (Phi) is 5.65. The van der Waals surface area contributed by atoms with Crippen LogP contribution in [0.15, 0.2) is 24.5 Å². The Labute approximate surface area is 151 Å². The Morgan fingerprint density at radius 3 is 2.81 bits per heavy atom. The summed E-state index contributed by atoms with van der Waals surface area (Å²) in [6.45, 7) is 1.88. The van der Waals surface area contributed by atoms with Crippen LogP contribution in [0.3, 0.4) is 0 Å². The molecule has 1 aliphatic carbocycles. The number of hydrogen-bond donors (Lipinski definition) is 1. The maximum atomic E-state index is 14.4. The molecule has 0 unspecified atom stereocenters. The van der Waals surface area contributed by atoms with Gasteiger partial charge in [-0.05, 0) is 50.3 Å². The van der Waals surface area contributed by atoms with Gasteiger partial charge in [0.05, 0.1) is 24.7 Å². The Bertz CT molecular complexity index is 770. The summed E-state index contributed by atoms with van der Waals surface area (Å²) in [4.78, 5) is 19.1. The van der Waals surface area contributed by atoms with Crippen molar-refractivity contribution in [2.75, 3.05) is 6.61 Å². The van der Waals surface area contributed by atoms with Crippen molar-refractivity contribution < 1.29 is 23.8 Å². The van der Waals surface area contributed by atoms with Crippen LogP contribution in [-0.4, -0.2) is 33.8 Å². The average molecular weight is 360 g/mol. The minimum Gasteiger partial charge on any atom is -0.490 e. The number of rotatable bonds is 8. The number of aromatic nitrogens is 2. The van der Waals surface area contributed by atoms with Crippen LogP contribution >= 0.6 is 0 Å². The molecule has 138 valence electrons. The van der Waals surface area contributed by atoms with E-state index in [-0.39, 0.29) is 24.9 Å². The summed E-state index contributed by atoms with van der Waals surface area (Å²) in [5.41, 5.74) is 1.73. The molecule has 26 heavy (non-hydrogen) atoms. The first-order chi connectivity index (χ1) is 12.5. The Balaban J connectivity index is 1.72. The summed E-state index contributed by atoms with van der Waals surface area (Å²) >= 11 is 0. The van der Waals surface area contributed by atoms with E-state index in [0.29, 0.717) is 29.1 Å². The molecule has 6 nitrogen and oxygen atoms in total. The van der Waals surface area contributed by atoms with Gasteiger partial charge in [-0.1, -0.05) is 0 Å². The fourth-order valence-electron chi connectivity index (χ4n) is 2.66. The maximum absolute atomic E-state index is 14.4. The number of ether oxygens (including phenoxy) is 2. The van der Waals surface area contributed by atoms with Gasteiger partial charge in [-0.15, -0.1) is 0 Å². The monoisotopic (exact) mass is 360 g/mol. The lowest BCUT2D eigenvalue weighted by atomic mass is 9.96. The van der Waals surface area contributed by atoms with Crippen molar-refractivity contribution in [2.24, 2.45) is 0 Å².